The maximum Gasteiger partial charge on any atom is 0.171 e. The highest BCUT2D eigenvalue weighted by molar-refractivity contribution is 5.81. The minimum absolute atomic E-state index is 0.538. The molecule has 0 radical (unpaired) electrons. The summed E-state index contributed by atoms with van der Waals surface area (Å²) in [5, 5.41) is 0. The number of ether oxygens (including phenoxy) is 2. The maximum absolute atomic E-state index is 11.1. The molecule has 0 aromatic heterocycles. The lowest BCUT2D eigenvalue weighted by atomic mass is 10.0. The van der Waals surface area contributed by atoms with Crippen LogP contribution in [0.5, 0.6) is 11.5 Å². The Hall–Kier alpha value is -1.55. The predicted octanol–water partition coefficient (Wildman–Crippen LogP) is 2.76. The van der Waals surface area contributed by atoms with Gasteiger partial charge in [0.15, 0.2) is 17.8 Å². The minimum atomic E-state index is 0.538. The quantitative estimate of drug-likeness (QED) is 0.749. The molecule has 4 nitrogen and oxygen atoms in total. The van der Waals surface area contributed by atoms with Crippen molar-refractivity contribution in [1.82, 2.24) is 4.90 Å². The fraction of sp³-hybridized carbons (Fsp3) is 0.562. The monoisotopic (exact) mass is 277 g/mol. The lowest BCUT2D eigenvalue weighted by Gasteiger charge is -2.33. The van der Waals surface area contributed by atoms with E-state index < -0.39 is 0 Å². The van der Waals surface area contributed by atoms with E-state index in [1.165, 1.54) is 19.3 Å². The van der Waals surface area contributed by atoms with Gasteiger partial charge in [0, 0.05) is 12.6 Å². The van der Waals surface area contributed by atoms with E-state index >= 15 is 0 Å². The number of hydrogen-bond donors (Lipinski definition) is 0. The van der Waals surface area contributed by atoms with Gasteiger partial charge in [-0.05, 0) is 38.4 Å². The van der Waals surface area contributed by atoms with Crippen LogP contribution < -0.4 is 9.47 Å². The van der Waals surface area contributed by atoms with Gasteiger partial charge in [0.05, 0.1) is 12.7 Å². The topological polar surface area (TPSA) is 38.8 Å². The van der Waals surface area contributed by atoms with E-state index in [1.807, 2.05) is 6.07 Å². The second-order valence-corrected chi connectivity index (χ2v) is 5.23. The number of carbonyl (C=O) groups is 1. The average Bonchev–Trinajstić information content (AvgIpc) is 2.49. The molecule has 0 N–H and O–H groups in total. The molecule has 110 valence electrons. The Morgan fingerprint density at radius 1 is 1.40 bits per heavy atom. The van der Waals surface area contributed by atoms with Gasteiger partial charge in [0.1, 0.15) is 6.61 Å². The number of aldehydes is 1. The Morgan fingerprint density at radius 2 is 2.25 bits per heavy atom. The highest BCUT2D eigenvalue weighted by Gasteiger charge is 2.18. The molecule has 1 fully saturated rings. The van der Waals surface area contributed by atoms with E-state index in [0.717, 1.165) is 19.4 Å². The second-order valence-electron chi connectivity index (χ2n) is 5.23. The Labute approximate surface area is 120 Å². The second kappa shape index (κ2) is 7.29. The van der Waals surface area contributed by atoms with E-state index in [4.69, 9.17) is 9.47 Å². The summed E-state index contributed by atoms with van der Waals surface area (Å²) in [4.78, 5) is 13.5. The zero-order valence-corrected chi connectivity index (χ0v) is 12.3. The molecule has 1 saturated heterocycles. The summed E-state index contributed by atoms with van der Waals surface area (Å²) in [6.45, 7) is 4.86. The van der Waals surface area contributed by atoms with Gasteiger partial charge < -0.3 is 9.47 Å². The third kappa shape index (κ3) is 3.51. The Balaban J connectivity index is 1.94. The summed E-state index contributed by atoms with van der Waals surface area (Å²) < 4.78 is 11.1. The number of benzene rings is 1. The standard InChI is InChI=1S/C16H23NO3/c1-13-6-3-4-9-17(13)10-11-20-16-14(12-18)7-5-8-15(16)19-2/h5,7-8,12-13H,3-4,6,9-11H2,1-2H3. The van der Waals surface area contributed by atoms with Crippen molar-refractivity contribution < 1.29 is 14.3 Å². The number of para-hydroxylation sites is 1. The van der Waals surface area contributed by atoms with Crippen molar-refractivity contribution in [2.24, 2.45) is 0 Å². The number of hydrogen-bond acceptors (Lipinski definition) is 4. The molecule has 1 aliphatic heterocycles. The van der Waals surface area contributed by atoms with Gasteiger partial charge in [-0.2, -0.15) is 0 Å². The highest BCUT2D eigenvalue weighted by Crippen LogP contribution is 2.30. The van der Waals surface area contributed by atoms with Crippen LogP contribution in [0, 0.1) is 0 Å². The largest absolute Gasteiger partial charge is 0.493 e. The molecule has 2 rings (SSSR count). The summed E-state index contributed by atoms with van der Waals surface area (Å²) in [6.07, 6.45) is 4.65. The molecule has 1 atom stereocenters. The number of carbonyl (C=O) groups excluding carboxylic acids is 1. The summed E-state index contributed by atoms with van der Waals surface area (Å²) in [5.41, 5.74) is 0.538. The first-order chi connectivity index (χ1) is 9.76. The Morgan fingerprint density at radius 3 is 2.95 bits per heavy atom. The van der Waals surface area contributed by atoms with Gasteiger partial charge in [-0.1, -0.05) is 12.5 Å². The van der Waals surface area contributed by atoms with Crippen LogP contribution in [0.15, 0.2) is 18.2 Å². The summed E-state index contributed by atoms with van der Waals surface area (Å²) in [7, 11) is 1.59. The molecule has 0 amide bonds. The number of likely N-dealkylation sites (tertiary alicyclic amines) is 1. The SMILES string of the molecule is COc1cccc(C=O)c1OCCN1CCCCC1C. The number of nitrogens with zero attached hydrogens (tertiary/aromatic N) is 1. The molecule has 0 bridgehead atoms. The third-order valence-electron chi connectivity index (χ3n) is 3.92. The summed E-state index contributed by atoms with van der Waals surface area (Å²) >= 11 is 0. The molecule has 1 unspecified atom stereocenters. The Bertz CT molecular complexity index is 447. The van der Waals surface area contributed by atoms with Crippen LogP contribution in [-0.2, 0) is 0 Å². The molecule has 20 heavy (non-hydrogen) atoms. The maximum atomic E-state index is 11.1. The van der Waals surface area contributed by atoms with Crippen molar-refractivity contribution in [1.29, 1.82) is 0 Å². The zero-order chi connectivity index (χ0) is 14.4. The molecule has 0 spiro atoms. The van der Waals surface area contributed by atoms with Crippen LogP contribution in [0.3, 0.4) is 0 Å². The van der Waals surface area contributed by atoms with Gasteiger partial charge in [-0.15, -0.1) is 0 Å². The van der Waals surface area contributed by atoms with Crippen molar-refractivity contribution in [2.45, 2.75) is 32.2 Å². The van der Waals surface area contributed by atoms with Crippen LogP contribution in [0.2, 0.25) is 0 Å². The number of rotatable bonds is 6. The van der Waals surface area contributed by atoms with Crippen LogP contribution in [0.1, 0.15) is 36.5 Å². The van der Waals surface area contributed by atoms with Gasteiger partial charge in [0.25, 0.3) is 0 Å². The minimum Gasteiger partial charge on any atom is -0.493 e. The van der Waals surface area contributed by atoms with Gasteiger partial charge in [-0.3, -0.25) is 9.69 Å². The fourth-order valence-corrected chi connectivity index (χ4v) is 2.70. The molecular formula is C16H23NO3. The molecule has 4 heteroatoms. The molecule has 0 saturated carbocycles. The van der Waals surface area contributed by atoms with Crippen LogP contribution in [0.4, 0.5) is 0 Å². The zero-order valence-electron chi connectivity index (χ0n) is 12.3. The Kier molecular flexibility index (Phi) is 5.41. The van der Waals surface area contributed by atoms with E-state index in [-0.39, 0.29) is 0 Å². The van der Waals surface area contributed by atoms with E-state index in [9.17, 15) is 4.79 Å². The summed E-state index contributed by atoms with van der Waals surface area (Å²) in [5.74, 6) is 1.16. The van der Waals surface area contributed by atoms with Crippen LogP contribution in [-0.4, -0.2) is 44.0 Å². The molecule has 1 heterocycles. The average molecular weight is 277 g/mol. The van der Waals surface area contributed by atoms with Crippen molar-refractivity contribution >= 4 is 6.29 Å². The first kappa shape index (κ1) is 14.9. The van der Waals surface area contributed by atoms with Gasteiger partial charge in [-0.25, -0.2) is 0 Å². The van der Waals surface area contributed by atoms with E-state index in [0.29, 0.717) is 29.7 Å². The predicted molar refractivity (Wildman–Crippen MR) is 78.8 cm³/mol. The first-order valence-corrected chi connectivity index (χ1v) is 7.25. The van der Waals surface area contributed by atoms with E-state index in [2.05, 4.69) is 11.8 Å². The normalized spacial score (nSPS) is 19.6. The van der Waals surface area contributed by atoms with Gasteiger partial charge >= 0.3 is 0 Å². The van der Waals surface area contributed by atoms with E-state index in [1.54, 1.807) is 19.2 Å². The van der Waals surface area contributed by atoms with Crippen molar-refractivity contribution in [3.05, 3.63) is 23.8 Å². The lowest BCUT2D eigenvalue weighted by Crippen LogP contribution is -2.39. The number of piperidine rings is 1. The molecule has 1 aromatic rings. The van der Waals surface area contributed by atoms with Crippen molar-refractivity contribution in [3.63, 3.8) is 0 Å². The highest BCUT2D eigenvalue weighted by atomic mass is 16.5. The molecular weight excluding hydrogens is 254 g/mol. The van der Waals surface area contributed by atoms with Crippen LogP contribution >= 0.6 is 0 Å². The summed E-state index contributed by atoms with van der Waals surface area (Å²) in [6, 6.07) is 5.97. The fourth-order valence-electron chi connectivity index (χ4n) is 2.70. The smallest absolute Gasteiger partial charge is 0.171 e. The molecule has 1 aliphatic rings. The lowest BCUT2D eigenvalue weighted by molar-refractivity contribution is 0.111. The third-order valence-corrected chi connectivity index (χ3v) is 3.92. The van der Waals surface area contributed by atoms with Crippen molar-refractivity contribution in [2.75, 3.05) is 26.8 Å². The first-order valence-electron chi connectivity index (χ1n) is 7.25. The van der Waals surface area contributed by atoms with Crippen LogP contribution in [0.25, 0.3) is 0 Å². The van der Waals surface area contributed by atoms with Crippen molar-refractivity contribution in [3.8, 4) is 11.5 Å². The molecule has 0 aliphatic carbocycles. The van der Waals surface area contributed by atoms with Gasteiger partial charge in [0.2, 0.25) is 0 Å². The number of methoxy groups -OCH3 is 1. The molecule has 1 aromatic carbocycles.